The number of hydrogen-bond donors (Lipinski definition) is 1. The van der Waals surface area contributed by atoms with Crippen LogP contribution in [0.1, 0.15) is 27.8 Å². The normalized spacial score (nSPS) is 11.3. The average Bonchev–Trinajstić information content (AvgIpc) is 2.81. The molecule has 0 fully saturated rings. The van der Waals surface area contributed by atoms with Crippen LogP contribution in [0.5, 0.6) is 0 Å². The van der Waals surface area contributed by atoms with Gasteiger partial charge in [0.25, 0.3) is 5.91 Å². The minimum Gasteiger partial charge on any atom is -0.321 e. The lowest BCUT2D eigenvalue weighted by Gasteiger charge is -2.13. The molecule has 0 aliphatic carbocycles. The fourth-order valence-electron chi connectivity index (χ4n) is 3.95. The summed E-state index contributed by atoms with van der Waals surface area (Å²) in [5.74, 6) is -0.430. The van der Waals surface area contributed by atoms with Crippen molar-refractivity contribution in [3.8, 4) is 6.07 Å². The van der Waals surface area contributed by atoms with Gasteiger partial charge in [0.05, 0.1) is 0 Å². The van der Waals surface area contributed by atoms with E-state index in [0.29, 0.717) is 17.1 Å². The van der Waals surface area contributed by atoms with Crippen molar-refractivity contribution in [3.05, 3.63) is 117 Å². The van der Waals surface area contributed by atoms with Gasteiger partial charge in [0.2, 0.25) is 0 Å². The Morgan fingerprint density at radius 2 is 1.73 bits per heavy atom. The Bertz CT molecular complexity index is 1430. The van der Waals surface area contributed by atoms with Gasteiger partial charge in [-0.25, -0.2) is 0 Å². The van der Waals surface area contributed by atoms with Gasteiger partial charge in [-0.3, -0.25) is 4.79 Å². The Hall–Kier alpha value is -3.87. The summed E-state index contributed by atoms with van der Waals surface area (Å²) < 4.78 is 0. The first kappa shape index (κ1) is 22.3. The summed E-state index contributed by atoms with van der Waals surface area (Å²) in [5.41, 5.74) is 5.64. The van der Waals surface area contributed by atoms with Crippen molar-refractivity contribution in [1.29, 1.82) is 5.26 Å². The van der Waals surface area contributed by atoms with Crippen molar-refractivity contribution < 1.29 is 4.79 Å². The largest absolute Gasteiger partial charge is 0.321 e. The van der Waals surface area contributed by atoms with Gasteiger partial charge in [0, 0.05) is 10.7 Å². The van der Waals surface area contributed by atoms with Gasteiger partial charge in [-0.1, -0.05) is 83.9 Å². The maximum atomic E-state index is 13.0. The zero-order valence-electron chi connectivity index (χ0n) is 18.5. The van der Waals surface area contributed by atoms with Crippen molar-refractivity contribution >= 4 is 40.0 Å². The van der Waals surface area contributed by atoms with E-state index in [-0.39, 0.29) is 5.57 Å². The lowest BCUT2D eigenvalue weighted by Crippen LogP contribution is -2.14. The molecule has 0 unspecified atom stereocenters. The highest BCUT2D eigenvalue weighted by atomic mass is 35.5. The minimum atomic E-state index is -0.430. The standard InChI is InChI=1S/C29H23ClN2O/c1-19-11-14-28(20(2)15-19)32-29(33)24(18-31)17-26-22(16-23-8-4-6-10-27(23)30)13-12-21-7-3-5-9-25(21)26/h3-15,17H,16H2,1-2H3,(H,32,33)/b24-17+. The predicted octanol–water partition coefficient (Wildman–Crippen LogP) is 7.25. The first-order valence-corrected chi connectivity index (χ1v) is 11.1. The molecular formula is C29H23ClN2O. The zero-order valence-corrected chi connectivity index (χ0v) is 19.3. The van der Waals surface area contributed by atoms with Gasteiger partial charge >= 0.3 is 0 Å². The molecule has 0 aromatic heterocycles. The molecule has 0 saturated carbocycles. The molecule has 0 bridgehead atoms. The molecular weight excluding hydrogens is 428 g/mol. The highest BCUT2D eigenvalue weighted by Crippen LogP contribution is 2.29. The average molecular weight is 451 g/mol. The summed E-state index contributed by atoms with van der Waals surface area (Å²) in [4.78, 5) is 13.0. The number of nitriles is 1. The van der Waals surface area contributed by atoms with E-state index in [1.807, 2.05) is 86.6 Å². The predicted molar refractivity (Wildman–Crippen MR) is 136 cm³/mol. The number of hydrogen-bond acceptors (Lipinski definition) is 2. The van der Waals surface area contributed by atoms with Crippen LogP contribution < -0.4 is 5.32 Å². The number of fused-ring (bicyclic) bond motifs is 1. The van der Waals surface area contributed by atoms with Crippen molar-refractivity contribution in [3.63, 3.8) is 0 Å². The molecule has 162 valence electrons. The third kappa shape index (κ3) is 4.98. The molecule has 33 heavy (non-hydrogen) atoms. The van der Waals surface area contributed by atoms with Crippen LogP contribution in [0, 0.1) is 25.2 Å². The molecule has 0 saturated heterocycles. The SMILES string of the molecule is Cc1ccc(NC(=O)/C(C#N)=C/c2c(Cc3ccccc3Cl)ccc3ccccc23)c(C)c1. The molecule has 4 heteroatoms. The van der Waals surface area contributed by atoms with Crippen LogP contribution in [0.2, 0.25) is 5.02 Å². The van der Waals surface area contributed by atoms with Crippen molar-refractivity contribution in [2.75, 3.05) is 5.32 Å². The van der Waals surface area contributed by atoms with E-state index in [9.17, 15) is 10.1 Å². The lowest BCUT2D eigenvalue weighted by atomic mass is 9.93. The third-order valence-electron chi connectivity index (χ3n) is 5.68. The summed E-state index contributed by atoms with van der Waals surface area (Å²) in [6.45, 7) is 3.94. The first-order valence-electron chi connectivity index (χ1n) is 10.7. The van der Waals surface area contributed by atoms with E-state index in [1.165, 1.54) is 0 Å². The smallest absolute Gasteiger partial charge is 0.266 e. The van der Waals surface area contributed by atoms with E-state index in [1.54, 1.807) is 6.08 Å². The number of carbonyl (C=O) groups is 1. The Labute approximate surface area is 198 Å². The maximum absolute atomic E-state index is 13.0. The molecule has 0 spiro atoms. The monoisotopic (exact) mass is 450 g/mol. The van der Waals surface area contributed by atoms with E-state index < -0.39 is 5.91 Å². The van der Waals surface area contributed by atoms with E-state index in [0.717, 1.165) is 38.6 Å². The molecule has 3 nitrogen and oxygen atoms in total. The van der Waals surface area contributed by atoms with Crippen LogP contribution in [-0.4, -0.2) is 5.91 Å². The second kappa shape index (κ2) is 9.73. The van der Waals surface area contributed by atoms with Crippen LogP contribution in [0.3, 0.4) is 0 Å². The van der Waals surface area contributed by atoms with Gasteiger partial charge in [-0.05, 0) is 71.5 Å². The van der Waals surface area contributed by atoms with Gasteiger partial charge in [-0.2, -0.15) is 5.26 Å². The Kier molecular flexibility index (Phi) is 6.58. The van der Waals surface area contributed by atoms with Gasteiger partial charge in [0.15, 0.2) is 0 Å². The fourth-order valence-corrected chi connectivity index (χ4v) is 4.15. The fraction of sp³-hybridized carbons (Fsp3) is 0.103. The van der Waals surface area contributed by atoms with Crippen molar-refractivity contribution in [2.24, 2.45) is 0 Å². The van der Waals surface area contributed by atoms with Gasteiger partial charge < -0.3 is 5.32 Å². The summed E-state index contributed by atoms with van der Waals surface area (Å²) in [6, 6.07) is 27.7. The molecule has 4 aromatic carbocycles. The van der Waals surface area contributed by atoms with E-state index in [2.05, 4.69) is 17.5 Å². The number of aryl methyl sites for hydroxylation is 2. The Morgan fingerprint density at radius 1 is 0.970 bits per heavy atom. The summed E-state index contributed by atoms with van der Waals surface area (Å²) in [6.07, 6.45) is 2.28. The van der Waals surface area contributed by atoms with Crippen LogP contribution >= 0.6 is 11.6 Å². The van der Waals surface area contributed by atoms with Crippen molar-refractivity contribution in [1.82, 2.24) is 0 Å². The number of anilines is 1. The van der Waals surface area contributed by atoms with Gasteiger partial charge in [0.1, 0.15) is 11.6 Å². The molecule has 4 rings (SSSR count). The summed E-state index contributed by atoms with van der Waals surface area (Å²) in [5, 5.41) is 15.4. The topological polar surface area (TPSA) is 52.9 Å². The summed E-state index contributed by atoms with van der Waals surface area (Å²) in [7, 11) is 0. The highest BCUT2D eigenvalue weighted by Gasteiger charge is 2.15. The third-order valence-corrected chi connectivity index (χ3v) is 6.05. The first-order chi connectivity index (χ1) is 16.0. The molecule has 1 amide bonds. The zero-order chi connectivity index (χ0) is 23.4. The second-order valence-electron chi connectivity index (χ2n) is 8.07. The lowest BCUT2D eigenvalue weighted by molar-refractivity contribution is -0.112. The molecule has 0 radical (unpaired) electrons. The molecule has 0 aliphatic heterocycles. The number of nitrogens with zero attached hydrogens (tertiary/aromatic N) is 1. The van der Waals surface area contributed by atoms with Crippen LogP contribution in [0.4, 0.5) is 5.69 Å². The van der Waals surface area contributed by atoms with Crippen LogP contribution in [-0.2, 0) is 11.2 Å². The highest BCUT2D eigenvalue weighted by molar-refractivity contribution is 6.31. The summed E-state index contributed by atoms with van der Waals surface area (Å²) >= 11 is 6.41. The molecule has 0 atom stereocenters. The van der Waals surface area contributed by atoms with Crippen LogP contribution in [0.15, 0.2) is 84.4 Å². The number of nitrogens with one attached hydrogen (secondary N) is 1. The molecule has 1 N–H and O–H groups in total. The van der Waals surface area contributed by atoms with E-state index >= 15 is 0 Å². The van der Waals surface area contributed by atoms with Crippen molar-refractivity contribution in [2.45, 2.75) is 20.3 Å². The van der Waals surface area contributed by atoms with E-state index in [4.69, 9.17) is 11.6 Å². The molecule has 0 heterocycles. The number of halogens is 1. The van der Waals surface area contributed by atoms with Gasteiger partial charge in [-0.15, -0.1) is 0 Å². The number of benzene rings is 4. The number of carbonyl (C=O) groups excluding carboxylic acids is 1. The number of rotatable bonds is 5. The number of amides is 1. The maximum Gasteiger partial charge on any atom is 0.266 e. The van der Waals surface area contributed by atoms with Crippen LogP contribution in [0.25, 0.3) is 16.8 Å². The quantitative estimate of drug-likeness (QED) is 0.257. The minimum absolute atomic E-state index is 0.0479. The Balaban J connectivity index is 1.78. The molecule has 0 aliphatic rings. The second-order valence-corrected chi connectivity index (χ2v) is 8.48. The Morgan fingerprint density at radius 3 is 2.48 bits per heavy atom. The molecule has 4 aromatic rings.